The zero-order valence-electron chi connectivity index (χ0n) is 14.7. The van der Waals surface area contributed by atoms with Crippen LogP contribution in [0.4, 0.5) is 18.9 Å². The predicted octanol–water partition coefficient (Wildman–Crippen LogP) is 3.99. The number of alkyl halides is 3. The molecule has 5 nitrogen and oxygen atoms in total. The molecular weight excluding hydrogens is 381 g/mol. The van der Waals surface area contributed by atoms with E-state index in [1.807, 2.05) is 0 Å². The van der Waals surface area contributed by atoms with E-state index in [1.165, 1.54) is 34.6 Å². The van der Waals surface area contributed by atoms with Crippen LogP contribution in [-0.4, -0.2) is 31.7 Å². The average molecular weight is 400 g/mol. The summed E-state index contributed by atoms with van der Waals surface area (Å²) >= 11 is 0. The second-order valence-corrected chi connectivity index (χ2v) is 7.58. The van der Waals surface area contributed by atoms with Crippen molar-refractivity contribution in [3.05, 3.63) is 59.7 Å². The molecule has 0 saturated heterocycles. The maximum absolute atomic E-state index is 12.7. The second kappa shape index (κ2) is 8.10. The minimum Gasteiger partial charge on any atom is -0.322 e. The Hall–Kier alpha value is -2.39. The molecule has 0 radical (unpaired) electrons. The van der Waals surface area contributed by atoms with Crippen LogP contribution in [0.2, 0.25) is 0 Å². The van der Waals surface area contributed by atoms with Crippen LogP contribution in [0.1, 0.15) is 29.8 Å². The molecular formula is C18H19F3N2O3S. The smallest absolute Gasteiger partial charge is 0.322 e. The summed E-state index contributed by atoms with van der Waals surface area (Å²) < 4.78 is 64.4. The van der Waals surface area contributed by atoms with E-state index in [1.54, 1.807) is 13.8 Å². The van der Waals surface area contributed by atoms with Crippen molar-refractivity contribution in [3.8, 4) is 0 Å². The van der Waals surface area contributed by atoms with Crippen LogP contribution < -0.4 is 5.32 Å². The zero-order chi connectivity index (χ0) is 20.2. The van der Waals surface area contributed by atoms with Crippen LogP contribution in [0.3, 0.4) is 0 Å². The monoisotopic (exact) mass is 400 g/mol. The highest BCUT2D eigenvalue weighted by Crippen LogP contribution is 2.29. The van der Waals surface area contributed by atoms with E-state index in [4.69, 9.17) is 0 Å². The van der Waals surface area contributed by atoms with Crippen LogP contribution in [-0.2, 0) is 16.2 Å². The number of hydrogen-bond donors (Lipinski definition) is 1. The normalized spacial score (nSPS) is 12.2. The third-order valence-corrected chi connectivity index (χ3v) is 5.97. The molecule has 0 spiro atoms. The van der Waals surface area contributed by atoms with Gasteiger partial charge in [-0.2, -0.15) is 17.5 Å². The molecule has 2 aromatic rings. The number of carbonyl (C=O) groups is 1. The number of rotatable bonds is 6. The van der Waals surface area contributed by atoms with Crippen molar-refractivity contribution in [2.75, 3.05) is 18.4 Å². The summed E-state index contributed by atoms with van der Waals surface area (Å²) in [6.07, 6.45) is -4.54. The van der Waals surface area contributed by atoms with Crippen molar-refractivity contribution in [3.63, 3.8) is 0 Å². The maximum Gasteiger partial charge on any atom is 0.416 e. The van der Waals surface area contributed by atoms with Gasteiger partial charge in [0.15, 0.2) is 0 Å². The molecule has 0 aromatic heterocycles. The highest BCUT2D eigenvalue weighted by molar-refractivity contribution is 7.89. The minimum absolute atomic E-state index is 0.0725. The lowest BCUT2D eigenvalue weighted by Gasteiger charge is -2.18. The van der Waals surface area contributed by atoms with Crippen molar-refractivity contribution in [2.45, 2.75) is 24.9 Å². The van der Waals surface area contributed by atoms with Crippen molar-refractivity contribution >= 4 is 21.6 Å². The number of carbonyl (C=O) groups excluding carboxylic acids is 1. The molecule has 0 aliphatic rings. The molecule has 0 bridgehead atoms. The lowest BCUT2D eigenvalue weighted by Crippen LogP contribution is -2.30. The molecule has 27 heavy (non-hydrogen) atoms. The van der Waals surface area contributed by atoms with Gasteiger partial charge in [-0.1, -0.05) is 19.9 Å². The van der Waals surface area contributed by atoms with Gasteiger partial charge in [0.2, 0.25) is 10.0 Å². The van der Waals surface area contributed by atoms with Crippen molar-refractivity contribution in [1.82, 2.24) is 4.31 Å². The fourth-order valence-electron chi connectivity index (χ4n) is 2.46. The van der Waals surface area contributed by atoms with Gasteiger partial charge in [-0.15, -0.1) is 0 Å². The Morgan fingerprint density at radius 1 is 1.04 bits per heavy atom. The number of sulfonamides is 1. The molecule has 2 rings (SSSR count). The van der Waals surface area contributed by atoms with E-state index in [-0.39, 0.29) is 16.1 Å². The summed E-state index contributed by atoms with van der Waals surface area (Å²) in [6, 6.07) is 9.52. The highest BCUT2D eigenvalue weighted by Gasteiger charge is 2.31. The minimum atomic E-state index is -4.54. The number of benzene rings is 2. The largest absolute Gasteiger partial charge is 0.416 e. The fraction of sp³-hybridized carbons (Fsp3) is 0.278. The molecule has 1 N–H and O–H groups in total. The Bertz CT molecular complexity index is 906. The number of anilines is 1. The van der Waals surface area contributed by atoms with Crippen LogP contribution in [0.5, 0.6) is 0 Å². The third-order valence-electron chi connectivity index (χ3n) is 3.91. The van der Waals surface area contributed by atoms with Gasteiger partial charge in [-0.05, 0) is 42.5 Å². The summed E-state index contributed by atoms with van der Waals surface area (Å²) in [7, 11) is -3.62. The predicted molar refractivity (Wildman–Crippen MR) is 95.9 cm³/mol. The molecule has 0 unspecified atom stereocenters. The summed E-state index contributed by atoms with van der Waals surface area (Å²) in [4.78, 5) is 12.2. The van der Waals surface area contributed by atoms with E-state index in [0.29, 0.717) is 13.1 Å². The van der Waals surface area contributed by atoms with Crippen molar-refractivity contribution in [2.24, 2.45) is 0 Å². The van der Waals surface area contributed by atoms with Crippen LogP contribution in [0, 0.1) is 0 Å². The molecule has 0 aliphatic heterocycles. The molecule has 0 atom stereocenters. The molecule has 0 aliphatic carbocycles. The Morgan fingerprint density at radius 3 is 2.15 bits per heavy atom. The first-order valence-corrected chi connectivity index (χ1v) is 9.62. The van der Waals surface area contributed by atoms with Crippen LogP contribution in [0.15, 0.2) is 53.4 Å². The maximum atomic E-state index is 12.7. The topological polar surface area (TPSA) is 66.5 Å². The number of hydrogen-bond acceptors (Lipinski definition) is 3. The van der Waals surface area contributed by atoms with E-state index >= 15 is 0 Å². The van der Waals surface area contributed by atoms with Crippen molar-refractivity contribution in [1.29, 1.82) is 0 Å². The first-order valence-electron chi connectivity index (χ1n) is 8.18. The molecule has 2 aromatic carbocycles. The van der Waals surface area contributed by atoms with Gasteiger partial charge in [0, 0.05) is 24.3 Å². The Balaban J connectivity index is 2.19. The lowest BCUT2D eigenvalue weighted by atomic mass is 10.1. The molecule has 0 heterocycles. The first kappa shape index (κ1) is 20.9. The van der Waals surface area contributed by atoms with Gasteiger partial charge >= 0.3 is 6.18 Å². The van der Waals surface area contributed by atoms with Gasteiger partial charge in [0.1, 0.15) is 0 Å². The number of amides is 1. The molecule has 0 saturated carbocycles. The van der Waals surface area contributed by atoms with E-state index in [9.17, 15) is 26.4 Å². The van der Waals surface area contributed by atoms with E-state index < -0.39 is 27.7 Å². The fourth-order valence-corrected chi connectivity index (χ4v) is 3.92. The molecule has 1 amide bonds. The zero-order valence-corrected chi connectivity index (χ0v) is 15.6. The van der Waals surface area contributed by atoms with E-state index in [0.717, 1.165) is 18.2 Å². The van der Waals surface area contributed by atoms with Gasteiger partial charge < -0.3 is 5.32 Å². The van der Waals surface area contributed by atoms with Gasteiger partial charge in [-0.25, -0.2) is 8.42 Å². The molecule has 146 valence electrons. The number of nitrogens with one attached hydrogen (secondary N) is 1. The van der Waals surface area contributed by atoms with Crippen LogP contribution >= 0.6 is 0 Å². The Labute approximate surface area is 155 Å². The highest BCUT2D eigenvalue weighted by atomic mass is 32.2. The SMILES string of the molecule is CCN(CC)S(=O)(=O)c1ccc(NC(=O)c2cccc(C(F)(F)F)c2)cc1. The van der Waals surface area contributed by atoms with Gasteiger partial charge in [-0.3, -0.25) is 4.79 Å². The Morgan fingerprint density at radius 2 is 1.63 bits per heavy atom. The summed E-state index contributed by atoms with van der Waals surface area (Å²) in [5.74, 6) is -0.722. The first-order chi connectivity index (χ1) is 12.6. The van der Waals surface area contributed by atoms with Gasteiger partial charge in [0.05, 0.1) is 10.5 Å². The number of nitrogens with zero attached hydrogens (tertiary/aromatic N) is 1. The average Bonchev–Trinajstić information content (AvgIpc) is 2.62. The molecule has 0 fully saturated rings. The van der Waals surface area contributed by atoms with E-state index in [2.05, 4.69) is 5.32 Å². The second-order valence-electron chi connectivity index (χ2n) is 5.65. The summed E-state index contributed by atoms with van der Waals surface area (Å²) in [5, 5.41) is 2.46. The van der Waals surface area contributed by atoms with Crippen LogP contribution in [0.25, 0.3) is 0 Å². The quantitative estimate of drug-likeness (QED) is 0.797. The Kier molecular flexibility index (Phi) is 6.27. The summed E-state index contributed by atoms with van der Waals surface area (Å²) in [5.41, 5.74) is -0.795. The summed E-state index contributed by atoms with van der Waals surface area (Å²) in [6.45, 7) is 4.11. The van der Waals surface area contributed by atoms with Gasteiger partial charge in [0.25, 0.3) is 5.91 Å². The molecule has 9 heteroatoms. The lowest BCUT2D eigenvalue weighted by molar-refractivity contribution is -0.137. The number of halogens is 3. The van der Waals surface area contributed by atoms with Crippen molar-refractivity contribution < 1.29 is 26.4 Å². The standard InChI is InChI=1S/C18H19F3N2O3S/c1-3-23(4-2)27(25,26)16-10-8-15(9-11-16)22-17(24)13-6-5-7-14(12-13)18(19,20)21/h5-12H,3-4H2,1-2H3,(H,22,24). The third kappa shape index (κ3) is 4.86.